The zero-order valence-corrected chi connectivity index (χ0v) is 11.5. The van der Waals surface area contributed by atoms with Gasteiger partial charge in [0.15, 0.2) is 0 Å². The van der Waals surface area contributed by atoms with Gasteiger partial charge in [-0.15, -0.1) is 6.58 Å². The fourth-order valence-electron chi connectivity index (χ4n) is 1.67. The molecule has 1 amide bonds. The van der Waals surface area contributed by atoms with E-state index in [0.717, 1.165) is 0 Å². The number of aromatic carboxylic acids is 1. The van der Waals surface area contributed by atoms with E-state index in [1.54, 1.807) is 23.1 Å². The number of amides is 1. The molecule has 108 valence electrons. The SMILES string of the molecule is C=CCN(CCCOc1ccc(C(=O)O)cc1)C(C)=O. The van der Waals surface area contributed by atoms with Gasteiger partial charge < -0.3 is 14.7 Å². The lowest BCUT2D eigenvalue weighted by atomic mass is 10.2. The largest absolute Gasteiger partial charge is 0.494 e. The van der Waals surface area contributed by atoms with E-state index in [4.69, 9.17) is 9.84 Å². The van der Waals surface area contributed by atoms with Crippen LogP contribution in [0.1, 0.15) is 23.7 Å². The first-order valence-corrected chi connectivity index (χ1v) is 6.37. The van der Waals surface area contributed by atoms with Crippen molar-refractivity contribution in [1.29, 1.82) is 0 Å². The Labute approximate surface area is 118 Å². The molecule has 1 rings (SSSR count). The fourth-order valence-corrected chi connectivity index (χ4v) is 1.67. The molecule has 0 atom stereocenters. The normalized spacial score (nSPS) is 9.85. The van der Waals surface area contributed by atoms with Gasteiger partial charge in [-0.3, -0.25) is 4.79 Å². The number of hydrogen-bond acceptors (Lipinski definition) is 3. The summed E-state index contributed by atoms with van der Waals surface area (Å²) in [6, 6.07) is 6.24. The van der Waals surface area contributed by atoms with Gasteiger partial charge in [0.2, 0.25) is 5.91 Å². The van der Waals surface area contributed by atoms with E-state index in [1.165, 1.54) is 19.1 Å². The third kappa shape index (κ3) is 5.14. The van der Waals surface area contributed by atoms with Gasteiger partial charge in [-0.2, -0.15) is 0 Å². The summed E-state index contributed by atoms with van der Waals surface area (Å²) >= 11 is 0. The number of ether oxygens (including phenoxy) is 1. The van der Waals surface area contributed by atoms with Crippen LogP contribution in [0.4, 0.5) is 0 Å². The molecule has 0 radical (unpaired) electrons. The molecule has 0 spiro atoms. The summed E-state index contributed by atoms with van der Waals surface area (Å²) in [7, 11) is 0. The Morgan fingerprint density at radius 3 is 2.50 bits per heavy atom. The smallest absolute Gasteiger partial charge is 0.335 e. The van der Waals surface area contributed by atoms with Gasteiger partial charge in [-0.05, 0) is 30.7 Å². The second-order valence-corrected chi connectivity index (χ2v) is 4.29. The lowest BCUT2D eigenvalue weighted by Crippen LogP contribution is -2.30. The summed E-state index contributed by atoms with van der Waals surface area (Å²) in [6.45, 7) is 6.73. The molecule has 1 aromatic rings. The lowest BCUT2D eigenvalue weighted by Gasteiger charge is -2.19. The van der Waals surface area contributed by atoms with Crippen LogP contribution in [0.2, 0.25) is 0 Å². The molecule has 0 heterocycles. The molecule has 0 unspecified atom stereocenters. The average molecular weight is 277 g/mol. The van der Waals surface area contributed by atoms with E-state index in [1.807, 2.05) is 0 Å². The summed E-state index contributed by atoms with van der Waals surface area (Å²) in [4.78, 5) is 23.7. The van der Waals surface area contributed by atoms with Crippen LogP contribution in [-0.2, 0) is 4.79 Å². The predicted octanol–water partition coefficient (Wildman–Crippen LogP) is 2.19. The Hall–Kier alpha value is -2.30. The number of carbonyl (C=O) groups is 2. The number of carboxylic acids is 1. The summed E-state index contributed by atoms with van der Waals surface area (Å²) in [5, 5.41) is 8.77. The minimum absolute atomic E-state index is 0.00992. The summed E-state index contributed by atoms with van der Waals surface area (Å²) in [5.41, 5.74) is 0.228. The van der Waals surface area contributed by atoms with Crippen LogP contribution in [0, 0.1) is 0 Å². The van der Waals surface area contributed by atoms with E-state index in [-0.39, 0.29) is 11.5 Å². The summed E-state index contributed by atoms with van der Waals surface area (Å²) in [6.07, 6.45) is 2.39. The number of rotatable bonds is 8. The van der Waals surface area contributed by atoms with Crippen molar-refractivity contribution in [3.8, 4) is 5.75 Å². The highest BCUT2D eigenvalue weighted by Gasteiger charge is 2.06. The second-order valence-electron chi connectivity index (χ2n) is 4.29. The monoisotopic (exact) mass is 277 g/mol. The van der Waals surface area contributed by atoms with Gasteiger partial charge in [0.1, 0.15) is 5.75 Å². The highest BCUT2D eigenvalue weighted by atomic mass is 16.5. The zero-order chi connectivity index (χ0) is 15.0. The van der Waals surface area contributed by atoms with Gasteiger partial charge in [0.05, 0.1) is 12.2 Å². The van der Waals surface area contributed by atoms with E-state index in [9.17, 15) is 9.59 Å². The molecule has 5 nitrogen and oxygen atoms in total. The molecule has 20 heavy (non-hydrogen) atoms. The van der Waals surface area contributed by atoms with Crippen molar-refractivity contribution < 1.29 is 19.4 Å². The number of carbonyl (C=O) groups excluding carboxylic acids is 1. The van der Waals surface area contributed by atoms with Crippen LogP contribution in [0.5, 0.6) is 5.75 Å². The van der Waals surface area contributed by atoms with E-state index in [0.29, 0.717) is 31.9 Å². The van der Waals surface area contributed by atoms with Crippen molar-refractivity contribution in [3.05, 3.63) is 42.5 Å². The first-order valence-electron chi connectivity index (χ1n) is 6.37. The topological polar surface area (TPSA) is 66.8 Å². The number of nitrogens with zero attached hydrogens (tertiary/aromatic N) is 1. The molecular weight excluding hydrogens is 258 g/mol. The molecule has 0 aromatic heterocycles. The number of benzene rings is 1. The van der Waals surface area contributed by atoms with Crippen LogP contribution >= 0.6 is 0 Å². The predicted molar refractivity (Wildman–Crippen MR) is 76.0 cm³/mol. The Morgan fingerprint density at radius 2 is 2.00 bits per heavy atom. The molecule has 0 fully saturated rings. The van der Waals surface area contributed by atoms with Crippen LogP contribution < -0.4 is 4.74 Å². The molecule has 0 saturated carbocycles. The number of hydrogen-bond donors (Lipinski definition) is 1. The van der Waals surface area contributed by atoms with Crippen LogP contribution in [0.3, 0.4) is 0 Å². The summed E-state index contributed by atoms with van der Waals surface area (Å²) < 4.78 is 5.49. The molecule has 0 saturated heterocycles. The van der Waals surface area contributed by atoms with Crippen molar-refractivity contribution in [2.75, 3.05) is 19.7 Å². The molecule has 5 heteroatoms. The zero-order valence-electron chi connectivity index (χ0n) is 11.5. The van der Waals surface area contributed by atoms with Crippen LogP contribution in [0.25, 0.3) is 0 Å². The molecule has 1 aromatic carbocycles. The van der Waals surface area contributed by atoms with E-state index < -0.39 is 5.97 Å². The minimum Gasteiger partial charge on any atom is -0.494 e. The first kappa shape index (κ1) is 15.8. The molecule has 0 aliphatic heterocycles. The van der Waals surface area contributed by atoms with Crippen LogP contribution in [0.15, 0.2) is 36.9 Å². The maximum absolute atomic E-state index is 11.3. The second kappa shape index (κ2) is 7.99. The van der Waals surface area contributed by atoms with Gasteiger partial charge in [-0.1, -0.05) is 6.08 Å². The van der Waals surface area contributed by atoms with E-state index in [2.05, 4.69) is 6.58 Å². The maximum atomic E-state index is 11.3. The van der Waals surface area contributed by atoms with Gasteiger partial charge in [-0.25, -0.2) is 4.79 Å². The standard InChI is InChI=1S/C15H19NO4/c1-3-9-16(12(2)17)10-4-11-20-14-7-5-13(6-8-14)15(18)19/h3,5-8H,1,4,9-11H2,2H3,(H,18,19). The summed E-state index contributed by atoms with van der Waals surface area (Å²) in [5.74, 6) is -0.332. The average Bonchev–Trinajstić information content (AvgIpc) is 2.42. The quantitative estimate of drug-likeness (QED) is 0.584. The minimum atomic E-state index is -0.960. The Balaban J connectivity index is 2.35. The molecule has 0 bridgehead atoms. The Kier molecular flexibility index (Phi) is 6.29. The highest BCUT2D eigenvalue weighted by Crippen LogP contribution is 2.12. The van der Waals surface area contributed by atoms with Gasteiger partial charge in [0.25, 0.3) is 0 Å². The number of carboxylic acid groups (broad SMARTS) is 1. The lowest BCUT2D eigenvalue weighted by molar-refractivity contribution is -0.128. The molecule has 1 N–H and O–H groups in total. The third-order valence-corrected chi connectivity index (χ3v) is 2.74. The van der Waals surface area contributed by atoms with Crippen molar-refractivity contribution in [2.24, 2.45) is 0 Å². The van der Waals surface area contributed by atoms with Crippen molar-refractivity contribution in [1.82, 2.24) is 4.90 Å². The molecule has 0 aliphatic carbocycles. The Bertz CT molecular complexity index is 467. The van der Waals surface area contributed by atoms with E-state index >= 15 is 0 Å². The van der Waals surface area contributed by atoms with Gasteiger partial charge in [0, 0.05) is 20.0 Å². The van der Waals surface area contributed by atoms with Crippen molar-refractivity contribution >= 4 is 11.9 Å². The Morgan fingerprint density at radius 1 is 1.35 bits per heavy atom. The first-order chi connectivity index (χ1) is 9.54. The van der Waals surface area contributed by atoms with Crippen molar-refractivity contribution in [3.63, 3.8) is 0 Å². The van der Waals surface area contributed by atoms with Gasteiger partial charge >= 0.3 is 5.97 Å². The third-order valence-electron chi connectivity index (χ3n) is 2.74. The maximum Gasteiger partial charge on any atom is 0.335 e. The molecule has 0 aliphatic rings. The van der Waals surface area contributed by atoms with Crippen LogP contribution in [-0.4, -0.2) is 41.6 Å². The van der Waals surface area contributed by atoms with Crippen molar-refractivity contribution in [2.45, 2.75) is 13.3 Å². The molecular formula is C15H19NO4. The fraction of sp³-hybridized carbons (Fsp3) is 0.333. The highest BCUT2D eigenvalue weighted by molar-refractivity contribution is 5.87.